The second-order valence-electron chi connectivity index (χ2n) is 6.16. The van der Waals surface area contributed by atoms with E-state index in [2.05, 4.69) is 72.6 Å². The van der Waals surface area contributed by atoms with E-state index in [1.54, 1.807) is 0 Å². The summed E-state index contributed by atoms with van der Waals surface area (Å²) >= 11 is 7.29. The van der Waals surface area contributed by atoms with Crippen molar-refractivity contribution in [3.8, 4) is 5.69 Å². The molecule has 0 saturated heterocycles. The number of hydrogen-bond donors (Lipinski definition) is 1. The van der Waals surface area contributed by atoms with E-state index in [4.69, 9.17) is 12.2 Å². The fraction of sp³-hybridized carbons (Fsp3) is 0.300. The van der Waals surface area contributed by atoms with Gasteiger partial charge in [0.2, 0.25) is 0 Å². The van der Waals surface area contributed by atoms with Crippen molar-refractivity contribution in [3.05, 3.63) is 76.3 Å². The molecule has 3 rings (SSSR count). The van der Waals surface area contributed by atoms with Gasteiger partial charge in [0.1, 0.15) is 5.82 Å². The van der Waals surface area contributed by atoms with Crippen molar-refractivity contribution in [1.82, 2.24) is 14.8 Å². The summed E-state index contributed by atoms with van der Waals surface area (Å²) in [4.78, 5) is 0. The van der Waals surface area contributed by atoms with Crippen molar-refractivity contribution in [2.24, 2.45) is 0 Å². The van der Waals surface area contributed by atoms with Crippen molar-refractivity contribution < 1.29 is 0 Å². The third-order valence-corrected chi connectivity index (χ3v) is 5.69. The van der Waals surface area contributed by atoms with Crippen LogP contribution in [-0.4, -0.2) is 14.8 Å². The first-order chi connectivity index (χ1) is 12.2. The molecule has 25 heavy (non-hydrogen) atoms. The molecule has 1 heterocycles. The van der Waals surface area contributed by atoms with Gasteiger partial charge in [0.15, 0.2) is 4.77 Å². The Hall–Kier alpha value is -1.85. The van der Waals surface area contributed by atoms with Crippen molar-refractivity contribution >= 4 is 24.0 Å². The van der Waals surface area contributed by atoms with E-state index in [0.717, 1.165) is 29.4 Å². The van der Waals surface area contributed by atoms with Crippen LogP contribution in [0.3, 0.4) is 0 Å². The highest BCUT2D eigenvalue weighted by molar-refractivity contribution is 7.97. The Morgan fingerprint density at radius 1 is 1.08 bits per heavy atom. The molecule has 0 aliphatic rings. The van der Waals surface area contributed by atoms with Gasteiger partial charge in [-0.25, -0.2) is 0 Å². The zero-order valence-electron chi connectivity index (χ0n) is 14.6. The summed E-state index contributed by atoms with van der Waals surface area (Å²) in [5.74, 6) is 3.32. The van der Waals surface area contributed by atoms with Gasteiger partial charge in [0.05, 0.1) is 5.75 Å². The molecule has 1 aromatic heterocycles. The molecule has 5 heteroatoms. The van der Waals surface area contributed by atoms with Crippen LogP contribution in [0.4, 0.5) is 0 Å². The minimum absolute atomic E-state index is 0.576. The lowest BCUT2D eigenvalue weighted by Crippen LogP contribution is -2.01. The lowest BCUT2D eigenvalue weighted by atomic mass is 9.99. The zero-order valence-corrected chi connectivity index (χ0v) is 16.2. The Kier molecular flexibility index (Phi) is 6.10. The first kappa shape index (κ1) is 18.0. The number of nitrogens with zero attached hydrogens (tertiary/aromatic N) is 2. The largest absolute Gasteiger partial charge is 0.271 e. The lowest BCUT2D eigenvalue weighted by molar-refractivity contribution is 0.733. The number of thioether (sulfide) groups is 1. The maximum Gasteiger partial charge on any atom is 0.199 e. The van der Waals surface area contributed by atoms with E-state index >= 15 is 0 Å². The van der Waals surface area contributed by atoms with Gasteiger partial charge in [0, 0.05) is 11.4 Å². The maximum atomic E-state index is 5.44. The number of H-pyrrole nitrogens is 1. The Labute approximate surface area is 158 Å². The van der Waals surface area contributed by atoms with E-state index in [1.165, 1.54) is 11.1 Å². The topological polar surface area (TPSA) is 33.6 Å². The molecule has 0 amide bonds. The minimum atomic E-state index is 0.576. The molecule has 0 spiro atoms. The highest BCUT2D eigenvalue weighted by atomic mass is 32.2. The Morgan fingerprint density at radius 2 is 1.80 bits per heavy atom. The van der Waals surface area contributed by atoms with Crippen molar-refractivity contribution in [2.45, 2.75) is 37.7 Å². The molecule has 2 aromatic carbocycles. The number of rotatable bonds is 7. The molecule has 0 bridgehead atoms. The third-order valence-electron chi connectivity index (χ3n) is 4.42. The number of benzene rings is 2. The third kappa shape index (κ3) is 4.41. The van der Waals surface area contributed by atoms with Crippen LogP contribution < -0.4 is 0 Å². The normalized spacial score (nSPS) is 12.2. The molecular weight excluding hydrogens is 346 g/mol. The summed E-state index contributed by atoms with van der Waals surface area (Å²) in [7, 11) is 0. The van der Waals surface area contributed by atoms with Crippen LogP contribution in [0.2, 0.25) is 0 Å². The molecule has 0 aliphatic heterocycles. The average molecular weight is 370 g/mol. The van der Waals surface area contributed by atoms with Gasteiger partial charge in [-0.15, -0.1) is 11.8 Å². The van der Waals surface area contributed by atoms with Gasteiger partial charge in [-0.1, -0.05) is 56.3 Å². The minimum Gasteiger partial charge on any atom is -0.271 e. The summed E-state index contributed by atoms with van der Waals surface area (Å²) in [5.41, 5.74) is 3.76. The molecular formula is C20H23N3S2. The number of nitrogens with one attached hydrogen (secondary N) is 1. The van der Waals surface area contributed by atoms with Gasteiger partial charge < -0.3 is 0 Å². The highest BCUT2D eigenvalue weighted by Gasteiger charge is 2.10. The monoisotopic (exact) mass is 369 g/mol. The van der Waals surface area contributed by atoms with Crippen LogP contribution in [-0.2, 0) is 11.5 Å². The SMILES string of the molecule is CCC(C)c1ccc(-n2c(CSCc3ccccc3)n[nH]c2=S)cc1. The van der Waals surface area contributed by atoms with Gasteiger partial charge in [-0.2, -0.15) is 5.10 Å². The lowest BCUT2D eigenvalue weighted by Gasteiger charge is -2.11. The van der Waals surface area contributed by atoms with E-state index in [0.29, 0.717) is 10.7 Å². The quantitative estimate of drug-likeness (QED) is 0.528. The number of aromatic amines is 1. The highest BCUT2D eigenvalue weighted by Crippen LogP contribution is 2.23. The standard InChI is InChI=1S/C20H23N3S2/c1-3-15(2)17-9-11-18(12-10-17)23-19(21-22-20(23)24)14-25-13-16-7-5-4-6-8-16/h4-12,15H,3,13-14H2,1-2H3,(H,22,24). The van der Waals surface area contributed by atoms with Crippen molar-refractivity contribution in [1.29, 1.82) is 0 Å². The second-order valence-corrected chi connectivity index (χ2v) is 7.53. The Morgan fingerprint density at radius 3 is 2.48 bits per heavy atom. The first-order valence-electron chi connectivity index (χ1n) is 8.57. The smallest absolute Gasteiger partial charge is 0.199 e. The van der Waals surface area contributed by atoms with Gasteiger partial charge in [-0.3, -0.25) is 9.67 Å². The summed E-state index contributed by atoms with van der Waals surface area (Å²) in [5, 5.41) is 7.36. The Balaban J connectivity index is 1.74. The van der Waals surface area contributed by atoms with Crippen LogP contribution in [0.1, 0.15) is 43.1 Å². The van der Waals surface area contributed by atoms with Crippen molar-refractivity contribution in [2.75, 3.05) is 0 Å². The number of aromatic nitrogens is 3. The van der Waals surface area contributed by atoms with Crippen LogP contribution in [0.5, 0.6) is 0 Å². The molecule has 3 nitrogen and oxygen atoms in total. The first-order valence-corrected chi connectivity index (χ1v) is 10.1. The van der Waals surface area contributed by atoms with Crippen molar-refractivity contribution in [3.63, 3.8) is 0 Å². The zero-order chi connectivity index (χ0) is 17.6. The molecule has 1 atom stereocenters. The van der Waals surface area contributed by atoms with E-state index in [-0.39, 0.29) is 0 Å². The summed E-state index contributed by atoms with van der Waals surface area (Å²) in [6, 6.07) is 19.2. The molecule has 0 aliphatic carbocycles. The molecule has 0 radical (unpaired) electrons. The van der Waals surface area contributed by atoms with Crippen LogP contribution >= 0.6 is 24.0 Å². The van der Waals surface area contributed by atoms with Crippen LogP contribution in [0.25, 0.3) is 5.69 Å². The molecule has 1 N–H and O–H groups in total. The molecule has 130 valence electrons. The van der Waals surface area contributed by atoms with Crippen LogP contribution in [0.15, 0.2) is 54.6 Å². The fourth-order valence-electron chi connectivity index (χ4n) is 2.71. The fourth-order valence-corrected chi connectivity index (χ4v) is 3.88. The van der Waals surface area contributed by atoms with Gasteiger partial charge in [0.25, 0.3) is 0 Å². The molecule has 1 unspecified atom stereocenters. The predicted octanol–water partition coefficient (Wildman–Crippen LogP) is 5.88. The van der Waals surface area contributed by atoms with Gasteiger partial charge in [-0.05, 0) is 47.8 Å². The average Bonchev–Trinajstić information content (AvgIpc) is 3.02. The van der Waals surface area contributed by atoms with Crippen LogP contribution in [0, 0.1) is 4.77 Å². The molecule has 0 saturated carbocycles. The van der Waals surface area contributed by atoms with Gasteiger partial charge >= 0.3 is 0 Å². The maximum absolute atomic E-state index is 5.44. The molecule has 3 aromatic rings. The summed E-state index contributed by atoms with van der Waals surface area (Å²) < 4.78 is 2.68. The Bertz CT molecular complexity index is 851. The second kappa shape index (κ2) is 8.50. The van der Waals surface area contributed by atoms with E-state index < -0.39 is 0 Å². The molecule has 0 fully saturated rings. The predicted molar refractivity (Wildman–Crippen MR) is 109 cm³/mol. The number of hydrogen-bond acceptors (Lipinski definition) is 3. The summed E-state index contributed by atoms with van der Waals surface area (Å²) in [6.45, 7) is 4.47. The summed E-state index contributed by atoms with van der Waals surface area (Å²) in [6.07, 6.45) is 1.14. The van der Waals surface area contributed by atoms with E-state index in [1.807, 2.05) is 22.4 Å². The van der Waals surface area contributed by atoms with E-state index in [9.17, 15) is 0 Å².